The number of rotatable bonds is 3. The van der Waals surface area contributed by atoms with Crippen LogP contribution in [0.4, 0.5) is 0 Å². The molecule has 6 heteroatoms. The number of ether oxygens (including phenoxy) is 1. The van der Waals surface area contributed by atoms with Gasteiger partial charge in [0.1, 0.15) is 0 Å². The van der Waals surface area contributed by atoms with Gasteiger partial charge in [-0.15, -0.1) is 0 Å². The van der Waals surface area contributed by atoms with E-state index in [9.17, 15) is 9.59 Å². The van der Waals surface area contributed by atoms with Crippen molar-refractivity contribution in [3.05, 3.63) is 30.1 Å². The van der Waals surface area contributed by atoms with E-state index >= 15 is 0 Å². The van der Waals surface area contributed by atoms with Crippen molar-refractivity contribution in [2.75, 3.05) is 39.4 Å². The molecular formula is C20H27N3O3. The lowest BCUT2D eigenvalue weighted by molar-refractivity contribution is -0.143. The summed E-state index contributed by atoms with van der Waals surface area (Å²) in [5.41, 5.74) is 0.792. The minimum atomic E-state index is -0.0187. The number of morpholine rings is 1. The highest BCUT2D eigenvalue weighted by molar-refractivity contribution is 5.81. The van der Waals surface area contributed by atoms with Crippen LogP contribution in [0.1, 0.15) is 31.4 Å². The van der Waals surface area contributed by atoms with Crippen LogP contribution < -0.4 is 0 Å². The van der Waals surface area contributed by atoms with Crippen LogP contribution in [0.5, 0.6) is 0 Å². The number of likely N-dealkylation sites (tertiary alicyclic amines) is 1. The van der Waals surface area contributed by atoms with Gasteiger partial charge >= 0.3 is 0 Å². The first-order valence-electron chi connectivity index (χ1n) is 9.72. The van der Waals surface area contributed by atoms with Crippen molar-refractivity contribution in [3.63, 3.8) is 0 Å². The Kier molecular flexibility index (Phi) is 4.94. The molecule has 0 N–H and O–H groups in total. The monoisotopic (exact) mass is 357 g/mol. The van der Waals surface area contributed by atoms with Crippen molar-refractivity contribution in [1.82, 2.24) is 14.8 Å². The van der Waals surface area contributed by atoms with Gasteiger partial charge in [-0.25, -0.2) is 0 Å². The second-order valence-electron chi connectivity index (χ2n) is 7.81. The second kappa shape index (κ2) is 7.35. The molecule has 2 aliphatic heterocycles. The number of aromatic nitrogens is 1. The largest absolute Gasteiger partial charge is 0.378 e. The Balaban J connectivity index is 1.42. The van der Waals surface area contributed by atoms with E-state index in [1.807, 2.05) is 28.0 Å². The van der Waals surface area contributed by atoms with E-state index in [1.165, 1.54) is 0 Å². The molecule has 3 heterocycles. The highest BCUT2D eigenvalue weighted by Gasteiger charge is 2.52. The SMILES string of the molecule is O=C(Cc1ccccn1)N1CC[C@]2(CCC[C@H]2C(=O)N2CCOCC2)C1. The van der Waals surface area contributed by atoms with E-state index < -0.39 is 0 Å². The van der Waals surface area contributed by atoms with E-state index in [-0.39, 0.29) is 23.1 Å². The molecule has 2 amide bonds. The predicted octanol–water partition coefficient (Wildman–Crippen LogP) is 1.50. The molecule has 0 unspecified atom stereocenters. The van der Waals surface area contributed by atoms with Crippen molar-refractivity contribution >= 4 is 11.8 Å². The number of hydrogen-bond donors (Lipinski definition) is 0. The summed E-state index contributed by atoms with van der Waals surface area (Å²) in [6.07, 6.45) is 6.12. The number of nitrogens with zero attached hydrogens (tertiary/aromatic N) is 3. The number of pyridine rings is 1. The van der Waals surface area contributed by atoms with Gasteiger partial charge in [-0.2, -0.15) is 0 Å². The van der Waals surface area contributed by atoms with Crippen molar-refractivity contribution in [1.29, 1.82) is 0 Å². The molecule has 3 fully saturated rings. The van der Waals surface area contributed by atoms with Gasteiger partial charge in [0.05, 0.1) is 19.6 Å². The number of amides is 2. The van der Waals surface area contributed by atoms with Crippen LogP contribution in [-0.4, -0.2) is 66.0 Å². The average molecular weight is 357 g/mol. The summed E-state index contributed by atoms with van der Waals surface area (Å²) in [5.74, 6) is 0.475. The zero-order chi connectivity index (χ0) is 18.0. The molecule has 0 aromatic carbocycles. The van der Waals surface area contributed by atoms with Gasteiger partial charge in [0.15, 0.2) is 0 Å². The van der Waals surface area contributed by atoms with Crippen molar-refractivity contribution in [2.24, 2.45) is 11.3 Å². The van der Waals surface area contributed by atoms with Gasteiger partial charge in [0.25, 0.3) is 0 Å². The van der Waals surface area contributed by atoms with Crippen molar-refractivity contribution < 1.29 is 14.3 Å². The van der Waals surface area contributed by atoms with E-state index in [1.54, 1.807) is 6.20 Å². The maximum absolute atomic E-state index is 13.1. The number of carbonyl (C=O) groups is 2. The summed E-state index contributed by atoms with van der Waals surface area (Å²) in [6.45, 7) is 4.17. The van der Waals surface area contributed by atoms with Gasteiger partial charge in [-0.1, -0.05) is 12.5 Å². The van der Waals surface area contributed by atoms with Crippen LogP contribution in [0.2, 0.25) is 0 Å². The summed E-state index contributed by atoms with van der Waals surface area (Å²) in [7, 11) is 0. The standard InChI is InChI=1S/C20H27N3O3/c24-18(14-16-4-1-2-8-21-16)23-9-7-20(15-23)6-3-5-17(20)19(25)22-10-12-26-13-11-22/h1-2,4,8,17H,3,5-7,9-15H2/t17-,20+/m0/s1. The molecule has 0 bridgehead atoms. The Labute approximate surface area is 154 Å². The molecular weight excluding hydrogens is 330 g/mol. The van der Waals surface area contributed by atoms with Gasteiger partial charge in [-0.3, -0.25) is 14.6 Å². The summed E-state index contributed by atoms with van der Waals surface area (Å²) < 4.78 is 5.38. The smallest absolute Gasteiger partial charge is 0.228 e. The third-order valence-electron chi connectivity index (χ3n) is 6.32. The molecule has 26 heavy (non-hydrogen) atoms. The lowest BCUT2D eigenvalue weighted by Crippen LogP contribution is -2.47. The highest BCUT2D eigenvalue weighted by Crippen LogP contribution is 2.50. The maximum Gasteiger partial charge on any atom is 0.228 e. The Morgan fingerprint density at radius 2 is 2.00 bits per heavy atom. The number of carbonyl (C=O) groups excluding carboxylic acids is 2. The Hall–Kier alpha value is -1.95. The van der Waals surface area contributed by atoms with Crippen LogP contribution >= 0.6 is 0 Å². The third-order valence-corrected chi connectivity index (χ3v) is 6.32. The minimum Gasteiger partial charge on any atom is -0.378 e. The lowest BCUT2D eigenvalue weighted by Gasteiger charge is -2.36. The van der Waals surface area contributed by atoms with Crippen LogP contribution in [0.3, 0.4) is 0 Å². The molecule has 1 spiro atoms. The Morgan fingerprint density at radius 1 is 1.15 bits per heavy atom. The van der Waals surface area contributed by atoms with Crippen LogP contribution in [0, 0.1) is 11.3 Å². The summed E-state index contributed by atoms with van der Waals surface area (Å²) in [5, 5.41) is 0. The first kappa shape index (κ1) is 17.5. The fourth-order valence-corrected chi connectivity index (χ4v) is 4.89. The predicted molar refractivity (Wildman–Crippen MR) is 96.3 cm³/mol. The Bertz CT molecular complexity index is 660. The van der Waals surface area contributed by atoms with Gasteiger partial charge in [0, 0.05) is 49.4 Å². The fourth-order valence-electron chi connectivity index (χ4n) is 4.89. The van der Waals surface area contributed by atoms with Crippen LogP contribution in [0.25, 0.3) is 0 Å². The van der Waals surface area contributed by atoms with Crippen LogP contribution in [-0.2, 0) is 20.7 Å². The van der Waals surface area contributed by atoms with E-state index in [0.29, 0.717) is 32.7 Å². The molecule has 4 rings (SSSR count). The lowest BCUT2D eigenvalue weighted by atomic mass is 9.76. The average Bonchev–Trinajstić information content (AvgIpc) is 3.30. The van der Waals surface area contributed by atoms with Crippen LogP contribution in [0.15, 0.2) is 24.4 Å². The molecule has 2 atom stereocenters. The molecule has 1 aromatic rings. The quantitative estimate of drug-likeness (QED) is 0.822. The van der Waals surface area contributed by atoms with E-state index in [4.69, 9.17) is 4.74 Å². The molecule has 1 aromatic heterocycles. The highest BCUT2D eigenvalue weighted by atomic mass is 16.5. The van der Waals surface area contributed by atoms with E-state index in [2.05, 4.69) is 4.98 Å². The van der Waals surface area contributed by atoms with Crippen molar-refractivity contribution in [3.8, 4) is 0 Å². The molecule has 1 saturated carbocycles. The normalized spacial score (nSPS) is 28.7. The Morgan fingerprint density at radius 3 is 2.77 bits per heavy atom. The minimum absolute atomic E-state index is 0.0187. The van der Waals surface area contributed by atoms with Gasteiger partial charge < -0.3 is 14.5 Å². The first-order valence-corrected chi connectivity index (χ1v) is 9.72. The molecule has 1 aliphatic carbocycles. The first-order chi connectivity index (χ1) is 12.7. The zero-order valence-corrected chi connectivity index (χ0v) is 15.2. The molecule has 3 aliphatic rings. The molecule has 0 radical (unpaired) electrons. The summed E-state index contributed by atoms with van der Waals surface area (Å²) >= 11 is 0. The number of hydrogen-bond acceptors (Lipinski definition) is 4. The summed E-state index contributed by atoms with van der Waals surface area (Å²) in [4.78, 5) is 34.0. The molecule has 2 saturated heterocycles. The third kappa shape index (κ3) is 3.34. The fraction of sp³-hybridized carbons (Fsp3) is 0.650. The maximum atomic E-state index is 13.1. The summed E-state index contributed by atoms with van der Waals surface area (Å²) in [6, 6.07) is 5.67. The molecule has 6 nitrogen and oxygen atoms in total. The van der Waals surface area contributed by atoms with Gasteiger partial charge in [-0.05, 0) is 31.4 Å². The van der Waals surface area contributed by atoms with E-state index in [0.717, 1.165) is 44.5 Å². The second-order valence-corrected chi connectivity index (χ2v) is 7.81. The molecule has 140 valence electrons. The van der Waals surface area contributed by atoms with Gasteiger partial charge in [0.2, 0.25) is 11.8 Å². The zero-order valence-electron chi connectivity index (χ0n) is 15.2. The van der Waals surface area contributed by atoms with Crippen molar-refractivity contribution in [2.45, 2.75) is 32.1 Å². The topological polar surface area (TPSA) is 62.7 Å².